The molecule has 0 unspecified atom stereocenters. The fourth-order valence-corrected chi connectivity index (χ4v) is 4.49. The Morgan fingerprint density at radius 1 is 1.09 bits per heavy atom. The summed E-state index contributed by atoms with van der Waals surface area (Å²) in [6, 6.07) is 5.92. The van der Waals surface area contributed by atoms with Crippen LogP contribution in [-0.4, -0.2) is 71.1 Å². The fourth-order valence-electron chi connectivity index (χ4n) is 4.18. The lowest BCUT2D eigenvalue weighted by Gasteiger charge is -2.34. The van der Waals surface area contributed by atoms with E-state index in [9.17, 15) is 18.0 Å². The number of halogens is 3. The third-order valence-corrected chi connectivity index (χ3v) is 6.23. The molecule has 11 heteroatoms. The number of carbonyl (C=O) groups is 1. The van der Waals surface area contributed by atoms with Gasteiger partial charge < -0.3 is 14.5 Å². The first-order valence-corrected chi connectivity index (χ1v) is 11.9. The van der Waals surface area contributed by atoms with Crippen LogP contribution in [0, 0.1) is 0 Å². The number of piperazine rings is 1. The molecule has 2 saturated heterocycles. The molecule has 2 aliphatic rings. The molecule has 0 radical (unpaired) electrons. The zero-order valence-electron chi connectivity index (χ0n) is 17.9. The molecule has 0 saturated carbocycles. The zero-order valence-corrected chi connectivity index (χ0v) is 18.8. The van der Waals surface area contributed by atoms with E-state index in [0.29, 0.717) is 49.8 Å². The largest absolute Gasteiger partial charge is 0.416 e. The van der Waals surface area contributed by atoms with Crippen molar-refractivity contribution in [2.75, 3.05) is 55.1 Å². The summed E-state index contributed by atoms with van der Waals surface area (Å²) < 4.78 is 44.7. The van der Waals surface area contributed by atoms with Crippen LogP contribution in [0.2, 0.25) is 0 Å². The molecule has 1 amide bonds. The first kappa shape index (κ1) is 22.8. The number of carbonyl (C=O) groups excluding carboxylic acids is 1. The van der Waals surface area contributed by atoms with Crippen LogP contribution >= 0.6 is 11.9 Å². The average molecular weight is 469 g/mol. The molecule has 4 rings (SSSR count). The van der Waals surface area contributed by atoms with Gasteiger partial charge in [-0.15, -0.1) is 5.10 Å². The summed E-state index contributed by atoms with van der Waals surface area (Å²) >= 11 is 1.40. The highest BCUT2D eigenvalue weighted by Crippen LogP contribution is 2.34. The maximum Gasteiger partial charge on any atom is 0.416 e. The van der Waals surface area contributed by atoms with Gasteiger partial charge in [-0.1, -0.05) is 11.9 Å². The number of amides is 1. The van der Waals surface area contributed by atoms with E-state index >= 15 is 0 Å². The Morgan fingerprint density at radius 3 is 2.47 bits per heavy atom. The van der Waals surface area contributed by atoms with Crippen molar-refractivity contribution in [3.8, 4) is 0 Å². The van der Waals surface area contributed by atoms with Crippen LogP contribution in [0.1, 0.15) is 24.0 Å². The molecule has 2 aromatic rings. The molecule has 2 aliphatic heterocycles. The molecular weight excluding hydrogens is 441 g/mol. The second-order valence-electron chi connectivity index (χ2n) is 8.08. The van der Waals surface area contributed by atoms with E-state index in [1.54, 1.807) is 17.2 Å². The maximum absolute atomic E-state index is 13.5. The van der Waals surface area contributed by atoms with Gasteiger partial charge in [0, 0.05) is 70.0 Å². The molecule has 32 heavy (non-hydrogen) atoms. The SMILES string of the molecule is CSNc1ccn(C(=O)N2CCN(Cc3cc(N4CCCC4)cc(C(F)(F)F)c3)CC2)n1. The lowest BCUT2D eigenvalue weighted by molar-refractivity contribution is -0.137. The maximum atomic E-state index is 13.5. The Balaban J connectivity index is 1.40. The van der Waals surface area contributed by atoms with E-state index in [1.165, 1.54) is 28.8 Å². The number of nitrogens with zero attached hydrogens (tertiary/aromatic N) is 5. The van der Waals surface area contributed by atoms with Crippen LogP contribution in [-0.2, 0) is 12.7 Å². The molecule has 1 aromatic carbocycles. The van der Waals surface area contributed by atoms with Crippen molar-refractivity contribution in [2.45, 2.75) is 25.6 Å². The third kappa shape index (κ3) is 5.32. The number of benzene rings is 1. The average Bonchev–Trinajstić information content (AvgIpc) is 3.46. The van der Waals surface area contributed by atoms with Gasteiger partial charge in [-0.2, -0.15) is 17.9 Å². The van der Waals surface area contributed by atoms with Crippen molar-refractivity contribution in [3.63, 3.8) is 0 Å². The molecule has 0 atom stereocenters. The number of hydrogen-bond donors (Lipinski definition) is 1. The Kier molecular flexibility index (Phi) is 6.85. The third-order valence-electron chi connectivity index (χ3n) is 5.82. The van der Waals surface area contributed by atoms with Gasteiger partial charge in [-0.05, 0) is 36.6 Å². The van der Waals surface area contributed by atoms with Crippen molar-refractivity contribution >= 4 is 29.5 Å². The Hall–Kier alpha value is -2.40. The number of nitrogens with one attached hydrogen (secondary N) is 1. The Morgan fingerprint density at radius 2 is 1.81 bits per heavy atom. The van der Waals surface area contributed by atoms with Gasteiger partial charge in [0.25, 0.3) is 0 Å². The predicted molar refractivity (Wildman–Crippen MR) is 120 cm³/mol. The molecule has 2 fully saturated rings. The number of hydrogen-bond acceptors (Lipinski definition) is 6. The summed E-state index contributed by atoms with van der Waals surface area (Å²) in [6.45, 7) is 4.21. The van der Waals surface area contributed by atoms with Crippen LogP contribution in [0.3, 0.4) is 0 Å². The van der Waals surface area contributed by atoms with E-state index in [1.807, 2.05) is 17.2 Å². The van der Waals surface area contributed by atoms with E-state index in [-0.39, 0.29) is 6.03 Å². The van der Waals surface area contributed by atoms with Gasteiger partial charge in [0.1, 0.15) is 0 Å². The molecule has 0 bridgehead atoms. The second-order valence-corrected chi connectivity index (χ2v) is 8.69. The smallest absolute Gasteiger partial charge is 0.372 e. The van der Waals surface area contributed by atoms with Gasteiger partial charge in [0.2, 0.25) is 0 Å². The standard InChI is InChI=1S/C21H27F3N6OS/c1-32-26-19-4-7-30(25-19)20(31)29-10-8-27(9-11-29)15-16-12-17(21(22,23)24)14-18(13-16)28-5-2-3-6-28/h4,7,12-14H,2-3,5-6,8-11,15H2,1H3,(H,25,26). The molecule has 1 aromatic heterocycles. The van der Waals surface area contributed by atoms with Crippen molar-refractivity contribution in [1.82, 2.24) is 19.6 Å². The summed E-state index contributed by atoms with van der Waals surface area (Å²) in [5.41, 5.74) is 0.704. The van der Waals surface area contributed by atoms with Crippen LogP contribution in [0.4, 0.5) is 29.5 Å². The molecule has 7 nitrogen and oxygen atoms in total. The van der Waals surface area contributed by atoms with E-state index < -0.39 is 11.7 Å². The zero-order chi connectivity index (χ0) is 22.7. The monoisotopic (exact) mass is 468 g/mol. The lowest BCUT2D eigenvalue weighted by atomic mass is 10.1. The summed E-state index contributed by atoms with van der Waals surface area (Å²) in [5.74, 6) is 0.614. The number of alkyl halides is 3. The number of anilines is 2. The first-order chi connectivity index (χ1) is 15.3. The van der Waals surface area contributed by atoms with Crippen LogP contribution < -0.4 is 9.62 Å². The topological polar surface area (TPSA) is 56.6 Å². The predicted octanol–water partition coefficient (Wildman–Crippen LogP) is 3.98. The van der Waals surface area contributed by atoms with Crippen LogP contribution in [0.5, 0.6) is 0 Å². The number of rotatable bonds is 5. The molecule has 3 heterocycles. The minimum atomic E-state index is -4.37. The Bertz CT molecular complexity index is 936. The Labute approximate surface area is 189 Å². The quantitative estimate of drug-likeness (QED) is 0.670. The molecule has 0 spiro atoms. The molecule has 1 N–H and O–H groups in total. The summed E-state index contributed by atoms with van der Waals surface area (Å²) in [6.07, 6.45) is 1.14. The minimum absolute atomic E-state index is 0.200. The normalized spacial score (nSPS) is 17.8. The summed E-state index contributed by atoms with van der Waals surface area (Å²) in [4.78, 5) is 18.5. The van der Waals surface area contributed by atoms with Gasteiger partial charge in [0.15, 0.2) is 5.82 Å². The highest BCUT2D eigenvalue weighted by atomic mass is 32.2. The van der Waals surface area contributed by atoms with Crippen molar-refractivity contribution in [2.24, 2.45) is 0 Å². The van der Waals surface area contributed by atoms with Gasteiger partial charge in [-0.3, -0.25) is 4.90 Å². The van der Waals surface area contributed by atoms with Gasteiger partial charge in [-0.25, -0.2) is 4.79 Å². The summed E-state index contributed by atoms with van der Waals surface area (Å²) in [7, 11) is 0. The first-order valence-electron chi connectivity index (χ1n) is 10.7. The lowest BCUT2D eigenvalue weighted by Crippen LogP contribution is -2.49. The summed E-state index contributed by atoms with van der Waals surface area (Å²) in [5, 5.41) is 4.21. The number of aromatic nitrogens is 2. The van der Waals surface area contributed by atoms with E-state index in [0.717, 1.165) is 25.9 Å². The molecule has 174 valence electrons. The second kappa shape index (κ2) is 9.62. The van der Waals surface area contributed by atoms with Gasteiger partial charge >= 0.3 is 12.2 Å². The van der Waals surface area contributed by atoms with Crippen molar-refractivity contribution in [1.29, 1.82) is 0 Å². The minimum Gasteiger partial charge on any atom is -0.372 e. The van der Waals surface area contributed by atoms with Gasteiger partial charge in [0.05, 0.1) is 5.56 Å². The van der Waals surface area contributed by atoms with Crippen molar-refractivity contribution in [3.05, 3.63) is 41.6 Å². The highest BCUT2D eigenvalue weighted by molar-refractivity contribution is 7.99. The highest BCUT2D eigenvalue weighted by Gasteiger charge is 2.32. The molecule has 0 aliphatic carbocycles. The van der Waals surface area contributed by atoms with E-state index in [2.05, 4.69) is 14.7 Å². The van der Waals surface area contributed by atoms with E-state index in [4.69, 9.17) is 0 Å². The molecular formula is C21H27F3N6OS. The van der Waals surface area contributed by atoms with Crippen molar-refractivity contribution < 1.29 is 18.0 Å². The van der Waals surface area contributed by atoms with Crippen LogP contribution in [0.25, 0.3) is 0 Å². The fraction of sp³-hybridized carbons (Fsp3) is 0.524. The van der Waals surface area contributed by atoms with Crippen LogP contribution in [0.15, 0.2) is 30.5 Å².